The Morgan fingerprint density at radius 3 is 2.50 bits per heavy atom. The predicted molar refractivity (Wildman–Crippen MR) is 49.8 cm³/mol. The standard InChI is InChI=1S/C7H15BrOSi/c1-10-9-7-5-3-2-4-6-8/h2-7H2,1H3. The molecule has 0 aliphatic heterocycles. The zero-order valence-corrected chi connectivity index (χ0v) is 9.11. The second kappa shape index (κ2) is 9.66. The maximum atomic E-state index is 5.23. The Hall–Kier alpha value is 0.657. The highest BCUT2D eigenvalue weighted by Gasteiger charge is 1.88. The smallest absolute Gasteiger partial charge is 0.226 e. The Kier molecular flexibility index (Phi) is 10.3. The minimum absolute atomic E-state index is 0.661. The van der Waals surface area contributed by atoms with Crippen molar-refractivity contribution in [2.75, 3.05) is 11.9 Å². The Morgan fingerprint density at radius 2 is 1.90 bits per heavy atom. The first-order valence-electron chi connectivity index (χ1n) is 3.76. The average molecular weight is 223 g/mol. The molecule has 60 valence electrons. The lowest BCUT2D eigenvalue weighted by molar-refractivity contribution is 0.324. The third-order valence-corrected chi connectivity index (χ3v) is 2.33. The van der Waals surface area contributed by atoms with E-state index >= 15 is 0 Å². The fourth-order valence-electron chi connectivity index (χ4n) is 0.724. The van der Waals surface area contributed by atoms with Crippen molar-refractivity contribution in [3.8, 4) is 0 Å². The van der Waals surface area contributed by atoms with Gasteiger partial charge in [-0.15, -0.1) is 0 Å². The Bertz CT molecular complexity index is 53.6. The highest BCUT2D eigenvalue weighted by atomic mass is 79.9. The summed E-state index contributed by atoms with van der Waals surface area (Å²) in [5.41, 5.74) is 0. The third-order valence-electron chi connectivity index (χ3n) is 1.27. The van der Waals surface area contributed by atoms with Gasteiger partial charge in [0.1, 0.15) is 0 Å². The molecule has 0 saturated carbocycles. The highest BCUT2D eigenvalue weighted by Crippen LogP contribution is 2.01. The molecule has 0 fully saturated rings. The van der Waals surface area contributed by atoms with Crippen LogP contribution in [0.5, 0.6) is 0 Å². The van der Waals surface area contributed by atoms with Gasteiger partial charge >= 0.3 is 0 Å². The lowest BCUT2D eigenvalue weighted by Crippen LogP contribution is -1.95. The second-order valence-electron chi connectivity index (χ2n) is 2.16. The summed E-state index contributed by atoms with van der Waals surface area (Å²) in [6, 6.07) is 0. The van der Waals surface area contributed by atoms with Gasteiger partial charge in [-0.05, 0) is 19.4 Å². The van der Waals surface area contributed by atoms with Crippen LogP contribution in [0, 0.1) is 0 Å². The molecule has 0 spiro atoms. The predicted octanol–water partition coefficient (Wildman–Crippen LogP) is 2.63. The molecular formula is C7H15BrOSi. The van der Waals surface area contributed by atoms with Crippen LogP contribution in [0.4, 0.5) is 0 Å². The number of alkyl halides is 1. The van der Waals surface area contributed by atoms with Gasteiger partial charge in [-0.1, -0.05) is 28.8 Å². The van der Waals surface area contributed by atoms with Crippen LogP contribution in [-0.4, -0.2) is 21.7 Å². The van der Waals surface area contributed by atoms with E-state index in [4.69, 9.17) is 4.43 Å². The van der Waals surface area contributed by atoms with Crippen molar-refractivity contribution in [3.05, 3.63) is 0 Å². The summed E-state index contributed by atoms with van der Waals surface area (Å²) >= 11 is 3.40. The van der Waals surface area contributed by atoms with Gasteiger partial charge in [0.15, 0.2) is 0 Å². The van der Waals surface area contributed by atoms with Crippen LogP contribution in [0.1, 0.15) is 25.7 Å². The van der Waals surface area contributed by atoms with Crippen LogP contribution in [0.2, 0.25) is 6.55 Å². The Balaban J connectivity index is 2.65. The first kappa shape index (κ1) is 10.7. The van der Waals surface area contributed by atoms with Crippen LogP contribution in [0.3, 0.4) is 0 Å². The van der Waals surface area contributed by atoms with Crippen molar-refractivity contribution in [2.45, 2.75) is 32.2 Å². The molecule has 0 aromatic carbocycles. The summed E-state index contributed by atoms with van der Waals surface area (Å²) in [5.74, 6) is 0. The second-order valence-corrected chi connectivity index (χ2v) is 3.65. The lowest BCUT2D eigenvalue weighted by atomic mass is 10.2. The summed E-state index contributed by atoms with van der Waals surface area (Å²) in [6.07, 6.45) is 5.18. The maximum absolute atomic E-state index is 5.23. The van der Waals surface area contributed by atoms with Gasteiger partial charge in [0, 0.05) is 11.9 Å². The van der Waals surface area contributed by atoms with Gasteiger partial charge in [-0.25, -0.2) is 0 Å². The number of unbranched alkanes of at least 4 members (excludes halogenated alkanes) is 3. The van der Waals surface area contributed by atoms with Gasteiger partial charge in [0.25, 0.3) is 0 Å². The molecule has 0 N–H and O–H groups in total. The lowest BCUT2D eigenvalue weighted by Gasteiger charge is -1.98. The Labute approximate surface area is 74.6 Å². The minimum Gasteiger partial charge on any atom is -0.418 e. The van der Waals surface area contributed by atoms with E-state index < -0.39 is 0 Å². The van der Waals surface area contributed by atoms with Gasteiger partial charge in [0.2, 0.25) is 9.76 Å². The van der Waals surface area contributed by atoms with E-state index in [2.05, 4.69) is 22.5 Å². The maximum Gasteiger partial charge on any atom is 0.226 e. The topological polar surface area (TPSA) is 9.23 Å². The molecule has 0 aliphatic rings. The largest absolute Gasteiger partial charge is 0.418 e. The molecule has 0 aliphatic carbocycles. The zero-order valence-electron chi connectivity index (χ0n) is 6.53. The van der Waals surface area contributed by atoms with E-state index in [0.717, 1.165) is 11.9 Å². The van der Waals surface area contributed by atoms with Crippen molar-refractivity contribution in [2.24, 2.45) is 0 Å². The molecule has 0 amide bonds. The normalized spacial score (nSPS) is 10.2. The molecule has 0 rings (SSSR count). The monoisotopic (exact) mass is 222 g/mol. The van der Waals surface area contributed by atoms with Crippen molar-refractivity contribution in [1.82, 2.24) is 0 Å². The molecular weight excluding hydrogens is 208 g/mol. The first-order valence-corrected chi connectivity index (χ1v) is 6.29. The summed E-state index contributed by atoms with van der Waals surface area (Å²) in [5, 5.41) is 1.14. The van der Waals surface area contributed by atoms with Gasteiger partial charge in [-0.3, -0.25) is 0 Å². The molecule has 0 aromatic heterocycles. The van der Waals surface area contributed by atoms with Gasteiger partial charge < -0.3 is 4.43 Å². The molecule has 0 saturated heterocycles. The van der Waals surface area contributed by atoms with Crippen LogP contribution in [-0.2, 0) is 4.43 Å². The molecule has 2 radical (unpaired) electrons. The quantitative estimate of drug-likeness (QED) is 0.366. The van der Waals surface area contributed by atoms with Crippen LogP contribution >= 0.6 is 15.9 Å². The third kappa shape index (κ3) is 8.66. The summed E-state index contributed by atoms with van der Waals surface area (Å²) in [6.45, 7) is 3.02. The van der Waals surface area contributed by atoms with E-state index in [1.165, 1.54) is 25.7 Å². The van der Waals surface area contributed by atoms with Crippen molar-refractivity contribution >= 4 is 25.7 Å². The molecule has 3 heteroatoms. The molecule has 10 heavy (non-hydrogen) atoms. The Morgan fingerprint density at radius 1 is 1.20 bits per heavy atom. The summed E-state index contributed by atoms with van der Waals surface area (Å²) in [4.78, 5) is 0. The molecule has 0 heterocycles. The van der Waals surface area contributed by atoms with Crippen LogP contribution in [0.15, 0.2) is 0 Å². The van der Waals surface area contributed by atoms with Crippen LogP contribution < -0.4 is 0 Å². The average Bonchev–Trinajstić information content (AvgIpc) is 1.97. The van der Waals surface area contributed by atoms with Gasteiger partial charge in [-0.2, -0.15) is 0 Å². The molecule has 1 nitrogen and oxygen atoms in total. The molecule has 0 unspecified atom stereocenters. The van der Waals surface area contributed by atoms with Crippen molar-refractivity contribution in [1.29, 1.82) is 0 Å². The fraction of sp³-hybridized carbons (Fsp3) is 1.00. The first-order chi connectivity index (χ1) is 4.91. The number of hydrogen-bond acceptors (Lipinski definition) is 1. The zero-order chi connectivity index (χ0) is 7.66. The van der Waals surface area contributed by atoms with E-state index in [0.29, 0.717) is 9.76 Å². The van der Waals surface area contributed by atoms with Crippen LogP contribution in [0.25, 0.3) is 0 Å². The fourth-order valence-corrected chi connectivity index (χ4v) is 1.47. The van der Waals surface area contributed by atoms with Gasteiger partial charge in [0.05, 0.1) is 0 Å². The van der Waals surface area contributed by atoms with E-state index in [1.54, 1.807) is 0 Å². The SMILES string of the molecule is C[Si]OCCCCCCBr. The number of hydrogen-bond donors (Lipinski definition) is 0. The summed E-state index contributed by atoms with van der Waals surface area (Å²) in [7, 11) is 0.661. The summed E-state index contributed by atoms with van der Waals surface area (Å²) < 4.78 is 5.23. The minimum atomic E-state index is 0.661. The van der Waals surface area contributed by atoms with Crippen molar-refractivity contribution < 1.29 is 4.43 Å². The number of halogens is 1. The number of rotatable bonds is 7. The van der Waals surface area contributed by atoms with E-state index in [9.17, 15) is 0 Å². The molecule has 0 bridgehead atoms. The van der Waals surface area contributed by atoms with E-state index in [-0.39, 0.29) is 0 Å². The molecule has 0 aromatic rings. The van der Waals surface area contributed by atoms with E-state index in [1.807, 2.05) is 0 Å². The van der Waals surface area contributed by atoms with Crippen molar-refractivity contribution in [3.63, 3.8) is 0 Å². The highest BCUT2D eigenvalue weighted by molar-refractivity contribution is 9.09. The molecule has 0 atom stereocenters.